The van der Waals surface area contributed by atoms with Gasteiger partial charge >= 0.3 is 0 Å². The minimum atomic E-state index is -2.88. The molecule has 2 aliphatic rings. The molecule has 37 heavy (non-hydrogen) atoms. The molecule has 2 saturated heterocycles. The lowest BCUT2D eigenvalue weighted by Crippen LogP contribution is -2.51. The number of aromatic nitrogens is 3. The predicted molar refractivity (Wildman–Crippen MR) is 137 cm³/mol. The zero-order chi connectivity index (χ0) is 26.3. The molecule has 0 spiro atoms. The number of nitrogens with zero attached hydrogens (tertiary/aromatic N) is 5. The van der Waals surface area contributed by atoms with Gasteiger partial charge in [-0.3, -0.25) is 4.90 Å². The molecule has 0 aliphatic carbocycles. The molecular formula is C27H33F3N6O. The lowest BCUT2D eigenvalue weighted by molar-refractivity contribution is 0.0345. The first-order chi connectivity index (χ1) is 17.7. The van der Waals surface area contributed by atoms with E-state index < -0.39 is 23.8 Å². The van der Waals surface area contributed by atoms with Crippen LogP contribution in [0.4, 0.5) is 19.0 Å². The molecule has 0 radical (unpaired) electrons. The molecule has 10 heteroatoms. The van der Waals surface area contributed by atoms with E-state index >= 15 is 0 Å². The summed E-state index contributed by atoms with van der Waals surface area (Å²) >= 11 is 0. The van der Waals surface area contributed by atoms with Crippen molar-refractivity contribution in [2.45, 2.75) is 51.2 Å². The van der Waals surface area contributed by atoms with Gasteiger partial charge in [0.2, 0.25) is 5.88 Å². The Morgan fingerprint density at radius 3 is 2.41 bits per heavy atom. The quantitative estimate of drug-likeness (QED) is 0.471. The molecule has 1 N–H and O–H groups in total. The zero-order valence-electron chi connectivity index (χ0n) is 21.6. The van der Waals surface area contributed by atoms with Gasteiger partial charge in [-0.2, -0.15) is 4.98 Å². The number of pyridine rings is 1. The van der Waals surface area contributed by atoms with E-state index in [4.69, 9.17) is 9.72 Å². The summed E-state index contributed by atoms with van der Waals surface area (Å²) in [5, 5.41) is 3.95. The molecule has 4 heterocycles. The number of anilines is 1. The SMILES string of the molecule is Cc1nc(N[C@H](C)c2cccc(C(F)F)c2F)c2cc(C3CCN(C)CC3)c(OC3CN(C)C3)nc2n1. The fraction of sp³-hybridized carbons (Fsp3) is 0.519. The van der Waals surface area contributed by atoms with Crippen LogP contribution in [-0.4, -0.2) is 71.1 Å². The van der Waals surface area contributed by atoms with Crippen LogP contribution in [0.1, 0.15) is 60.7 Å². The molecule has 0 unspecified atom stereocenters. The highest BCUT2D eigenvalue weighted by atomic mass is 19.3. The number of piperidine rings is 1. The van der Waals surface area contributed by atoms with Crippen LogP contribution in [0.25, 0.3) is 11.0 Å². The maximum Gasteiger partial charge on any atom is 0.266 e. The predicted octanol–water partition coefficient (Wildman–Crippen LogP) is 5.09. The van der Waals surface area contributed by atoms with Gasteiger partial charge in [0.25, 0.3) is 6.43 Å². The van der Waals surface area contributed by atoms with Crippen LogP contribution in [0.5, 0.6) is 5.88 Å². The summed E-state index contributed by atoms with van der Waals surface area (Å²) in [5.41, 5.74) is 1.07. The average Bonchev–Trinajstić information content (AvgIpc) is 2.83. The summed E-state index contributed by atoms with van der Waals surface area (Å²) in [6.07, 6.45) is -0.820. The number of likely N-dealkylation sites (tertiary alicyclic amines) is 2. The second-order valence-corrected chi connectivity index (χ2v) is 10.3. The van der Waals surface area contributed by atoms with Crippen molar-refractivity contribution in [3.8, 4) is 5.88 Å². The number of aryl methyl sites for hydroxylation is 1. The van der Waals surface area contributed by atoms with Crippen LogP contribution < -0.4 is 10.1 Å². The summed E-state index contributed by atoms with van der Waals surface area (Å²) < 4.78 is 47.8. The maximum absolute atomic E-state index is 14.9. The Morgan fingerprint density at radius 1 is 1.03 bits per heavy atom. The minimum absolute atomic E-state index is 0.0885. The molecule has 198 valence electrons. The molecule has 1 aromatic carbocycles. The summed E-state index contributed by atoms with van der Waals surface area (Å²) in [6.45, 7) is 7.17. The van der Waals surface area contributed by atoms with Gasteiger partial charge in [-0.15, -0.1) is 0 Å². The van der Waals surface area contributed by atoms with Gasteiger partial charge in [-0.25, -0.2) is 23.1 Å². The number of ether oxygens (including phenoxy) is 1. The molecular weight excluding hydrogens is 481 g/mol. The van der Waals surface area contributed by atoms with Crippen molar-refractivity contribution in [2.24, 2.45) is 0 Å². The van der Waals surface area contributed by atoms with Gasteiger partial charge in [0, 0.05) is 24.2 Å². The monoisotopic (exact) mass is 514 g/mol. The van der Waals surface area contributed by atoms with Crippen LogP contribution in [0, 0.1) is 12.7 Å². The van der Waals surface area contributed by atoms with Gasteiger partial charge in [0.05, 0.1) is 17.0 Å². The van der Waals surface area contributed by atoms with Crippen molar-refractivity contribution in [3.63, 3.8) is 0 Å². The highest BCUT2D eigenvalue weighted by molar-refractivity contribution is 5.88. The van der Waals surface area contributed by atoms with Gasteiger partial charge in [0.15, 0.2) is 5.65 Å². The van der Waals surface area contributed by atoms with E-state index in [1.54, 1.807) is 13.8 Å². The maximum atomic E-state index is 14.9. The van der Waals surface area contributed by atoms with E-state index in [0.717, 1.165) is 50.7 Å². The largest absolute Gasteiger partial charge is 0.471 e. The van der Waals surface area contributed by atoms with E-state index in [1.807, 2.05) is 0 Å². The van der Waals surface area contributed by atoms with Crippen LogP contribution in [-0.2, 0) is 0 Å². The van der Waals surface area contributed by atoms with Crippen molar-refractivity contribution >= 4 is 16.9 Å². The molecule has 2 aliphatic heterocycles. The summed E-state index contributed by atoms with van der Waals surface area (Å²) in [4.78, 5) is 18.5. The van der Waals surface area contributed by atoms with Crippen molar-refractivity contribution in [1.82, 2.24) is 24.8 Å². The number of hydrogen-bond acceptors (Lipinski definition) is 7. The summed E-state index contributed by atoms with van der Waals surface area (Å²) in [5.74, 6) is 0.991. The Bertz CT molecular complexity index is 1270. The molecule has 1 atom stereocenters. The van der Waals surface area contributed by atoms with E-state index in [0.29, 0.717) is 28.6 Å². The van der Waals surface area contributed by atoms with Gasteiger partial charge in [0.1, 0.15) is 23.6 Å². The Labute approximate surface area is 215 Å². The second-order valence-electron chi connectivity index (χ2n) is 10.3. The van der Waals surface area contributed by atoms with Crippen LogP contribution >= 0.6 is 0 Å². The highest BCUT2D eigenvalue weighted by Crippen LogP contribution is 2.38. The van der Waals surface area contributed by atoms with E-state index in [2.05, 4.69) is 45.2 Å². The number of alkyl halides is 2. The summed E-state index contributed by atoms with van der Waals surface area (Å²) in [6, 6.07) is 5.52. The fourth-order valence-electron chi connectivity index (χ4n) is 5.21. The number of rotatable bonds is 7. The standard InChI is InChI=1S/C27H33F3N6O/c1-15(19-6-5-7-20(23(19)28)24(29)30)31-25-22-12-21(17-8-10-35(3)11-9-17)27(37-18-13-36(4)14-18)34-26(22)33-16(2)32-25/h5-7,12,15,17-18,24H,8-11,13-14H2,1-4H3,(H,31,32,33,34)/t15-/m1/s1. The first-order valence-electron chi connectivity index (χ1n) is 12.8. The molecule has 3 aromatic rings. The van der Waals surface area contributed by atoms with E-state index in [9.17, 15) is 13.2 Å². The van der Waals surface area contributed by atoms with Crippen molar-refractivity contribution in [2.75, 3.05) is 45.6 Å². The molecule has 5 rings (SSSR count). The Hall–Kier alpha value is -2.98. The third-order valence-corrected chi connectivity index (χ3v) is 7.37. The van der Waals surface area contributed by atoms with E-state index in [-0.39, 0.29) is 17.6 Å². The number of hydrogen-bond donors (Lipinski definition) is 1. The lowest BCUT2D eigenvalue weighted by Gasteiger charge is -2.37. The number of nitrogens with one attached hydrogen (secondary N) is 1. The Morgan fingerprint density at radius 2 is 1.73 bits per heavy atom. The normalized spacial score (nSPS) is 18.8. The fourth-order valence-corrected chi connectivity index (χ4v) is 5.21. The third-order valence-electron chi connectivity index (χ3n) is 7.37. The first-order valence-corrected chi connectivity index (χ1v) is 12.8. The van der Waals surface area contributed by atoms with Crippen molar-refractivity contribution in [3.05, 3.63) is 52.6 Å². The van der Waals surface area contributed by atoms with Crippen molar-refractivity contribution < 1.29 is 17.9 Å². The van der Waals surface area contributed by atoms with E-state index in [1.165, 1.54) is 12.1 Å². The average molecular weight is 515 g/mol. The van der Waals surface area contributed by atoms with Crippen LogP contribution in [0.3, 0.4) is 0 Å². The zero-order valence-corrected chi connectivity index (χ0v) is 21.6. The first kappa shape index (κ1) is 25.7. The number of benzene rings is 1. The number of fused-ring (bicyclic) bond motifs is 1. The number of halogens is 3. The molecule has 0 saturated carbocycles. The second kappa shape index (κ2) is 10.4. The van der Waals surface area contributed by atoms with Crippen LogP contribution in [0.2, 0.25) is 0 Å². The highest BCUT2D eigenvalue weighted by Gasteiger charge is 2.30. The summed E-state index contributed by atoms with van der Waals surface area (Å²) in [7, 11) is 4.18. The lowest BCUT2D eigenvalue weighted by atomic mass is 9.89. The Kier molecular flexibility index (Phi) is 7.22. The molecule has 0 bridgehead atoms. The molecule has 2 fully saturated rings. The topological polar surface area (TPSA) is 66.4 Å². The number of likely N-dealkylation sites (N-methyl/N-ethyl adjacent to an activating group) is 1. The molecule has 2 aromatic heterocycles. The van der Waals surface area contributed by atoms with Crippen LogP contribution in [0.15, 0.2) is 24.3 Å². The van der Waals surface area contributed by atoms with Crippen molar-refractivity contribution in [1.29, 1.82) is 0 Å². The minimum Gasteiger partial charge on any atom is -0.471 e. The molecule has 0 amide bonds. The Balaban J connectivity index is 1.53. The third kappa shape index (κ3) is 5.36. The van der Waals surface area contributed by atoms with Gasteiger partial charge in [-0.1, -0.05) is 18.2 Å². The smallest absolute Gasteiger partial charge is 0.266 e. The van der Waals surface area contributed by atoms with Gasteiger partial charge < -0.3 is 15.0 Å². The molecule has 7 nitrogen and oxygen atoms in total. The van der Waals surface area contributed by atoms with Gasteiger partial charge in [-0.05, 0) is 65.9 Å².